The fourth-order valence-electron chi connectivity index (χ4n) is 7.94. The molecule has 5 aromatic carbocycles. The SMILES string of the molecule is C#CC#CC#CC#Cc1ccc(C2CCC(C(=O)Oc3ccc(-c4cccc(-c5ccc(OC(=O)C6CCC(c7ccc(C)cc7)CC6)cc5)c4)cc3)CC2)cc1. The van der Waals surface area contributed by atoms with E-state index in [-0.39, 0.29) is 23.8 Å². The van der Waals surface area contributed by atoms with Crippen LogP contribution in [0.2, 0.25) is 0 Å². The number of carbonyl (C=O) groups excluding carboxylic acids is 2. The Kier molecular flexibility index (Phi) is 12.7. The summed E-state index contributed by atoms with van der Waals surface area (Å²) < 4.78 is 11.7. The molecule has 0 aliphatic heterocycles. The summed E-state index contributed by atoms with van der Waals surface area (Å²) in [6.45, 7) is 2.11. The normalized spacial score (nSPS) is 18.5. The average Bonchev–Trinajstić information content (AvgIpc) is 3.26. The van der Waals surface area contributed by atoms with E-state index in [0.29, 0.717) is 23.3 Å². The monoisotopic (exact) mass is 744 g/mol. The first-order chi connectivity index (χ1) is 27.9. The molecule has 0 atom stereocenters. The summed E-state index contributed by atoms with van der Waals surface area (Å²) in [5.41, 5.74) is 8.97. The number of aryl methyl sites for hydroxylation is 1. The lowest BCUT2D eigenvalue weighted by Gasteiger charge is -2.27. The van der Waals surface area contributed by atoms with Crippen LogP contribution in [0.3, 0.4) is 0 Å². The first-order valence-electron chi connectivity index (χ1n) is 19.8. The molecule has 280 valence electrons. The van der Waals surface area contributed by atoms with E-state index in [4.69, 9.17) is 15.9 Å². The number of benzene rings is 5. The van der Waals surface area contributed by atoms with Crippen LogP contribution in [0.4, 0.5) is 0 Å². The minimum Gasteiger partial charge on any atom is -0.426 e. The maximum absolute atomic E-state index is 13.1. The van der Waals surface area contributed by atoms with Gasteiger partial charge in [0.2, 0.25) is 0 Å². The molecule has 0 spiro atoms. The van der Waals surface area contributed by atoms with Crippen LogP contribution in [0.25, 0.3) is 22.3 Å². The van der Waals surface area contributed by atoms with Crippen LogP contribution >= 0.6 is 0 Å². The van der Waals surface area contributed by atoms with E-state index in [1.165, 1.54) is 16.7 Å². The molecule has 2 aliphatic carbocycles. The quantitative estimate of drug-likeness (QED) is 0.0902. The van der Waals surface area contributed by atoms with E-state index in [0.717, 1.165) is 79.2 Å². The van der Waals surface area contributed by atoms with Gasteiger partial charge in [-0.25, -0.2) is 0 Å². The predicted octanol–water partition coefficient (Wildman–Crippen LogP) is 11.1. The number of terminal acetylenes is 1. The Morgan fingerprint density at radius 1 is 0.509 bits per heavy atom. The fourth-order valence-corrected chi connectivity index (χ4v) is 7.94. The van der Waals surface area contributed by atoms with Crippen molar-refractivity contribution in [3.05, 3.63) is 144 Å². The van der Waals surface area contributed by atoms with Crippen molar-refractivity contribution < 1.29 is 19.1 Å². The van der Waals surface area contributed by atoms with Crippen LogP contribution in [0, 0.1) is 66.6 Å². The summed E-state index contributed by atoms with van der Waals surface area (Å²) >= 11 is 0. The summed E-state index contributed by atoms with van der Waals surface area (Å²) in [6, 6.07) is 40.8. The smallest absolute Gasteiger partial charge is 0.314 e. The zero-order valence-electron chi connectivity index (χ0n) is 32.2. The van der Waals surface area contributed by atoms with Gasteiger partial charge >= 0.3 is 11.9 Å². The Bertz CT molecular complexity index is 2420. The molecule has 2 fully saturated rings. The first-order valence-corrected chi connectivity index (χ1v) is 19.8. The number of rotatable bonds is 8. The van der Waals surface area contributed by atoms with E-state index in [1.807, 2.05) is 66.7 Å². The third-order valence-corrected chi connectivity index (χ3v) is 11.3. The molecule has 0 N–H and O–H groups in total. The van der Waals surface area contributed by atoms with Crippen molar-refractivity contribution >= 4 is 11.9 Å². The minimum absolute atomic E-state index is 0.0608. The van der Waals surface area contributed by atoms with Crippen LogP contribution < -0.4 is 9.47 Å². The Hall–Kier alpha value is -6.72. The van der Waals surface area contributed by atoms with Gasteiger partial charge in [0.05, 0.1) is 11.8 Å². The lowest BCUT2D eigenvalue weighted by molar-refractivity contribution is -0.141. The standard InChI is InChI=1S/C53H44O4/c1-3-4-5-6-7-8-10-39-15-19-41(20-16-39)43-23-27-47(28-24-43)53(55)57-51-35-31-45(32-36-51)49-12-9-11-48(37-49)44-29-33-50(34-30-44)56-52(54)46-25-21-42(22-26-46)40-17-13-38(2)14-18-40/h1,9,11-20,29-37,42-43,46-47H,21-28H2,2H3. The second-order valence-corrected chi connectivity index (χ2v) is 15.0. The van der Waals surface area contributed by atoms with E-state index in [1.54, 1.807) is 0 Å². The zero-order valence-corrected chi connectivity index (χ0v) is 32.2. The van der Waals surface area contributed by atoms with Crippen molar-refractivity contribution in [3.8, 4) is 81.6 Å². The Morgan fingerprint density at radius 3 is 1.42 bits per heavy atom. The molecule has 5 aromatic rings. The third-order valence-electron chi connectivity index (χ3n) is 11.3. The Labute approximate surface area is 337 Å². The molecule has 2 saturated carbocycles. The molecule has 0 heterocycles. The predicted molar refractivity (Wildman–Crippen MR) is 227 cm³/mol. The number of hydrogen-bond acceptors (Lipinski definition) is 4. The van der Waals surface area contributed by atoms with Gasteiger partial charge in [-0.05, 0) is 181 Å². The molecule has 4 heteroatoms. The molecule has 0 radical (unpaired) electrons. The molecule has 4 nitrogen and oxygen atoms in total. The van der Waals surface area contributed by atoms with Crippen molar-refractivity contribution in [1.29, 1.82) is 0 Å². The molecule has 7 rings (SSSR count). The van der Waals surface area contributed by atoms with Crippen LogP contribution in [0.15, 0.2) is 121 Å². The molecule has 0 bridgehead atoms. The maximum Gasteiger partial charge on any atom is 0.314 e. The lowest BCUT2D eigenvalue weighted by atomic mass is 9.78. The van der Waals surface area contributed by atoms with Gasteiger partial charge in [-0.15, -0.1) is 6.42 Å². The minimum atomic E-state index is -0.165. The second kappa shape index (κ2) is 18.7. The van der Waals surface area contributed by atoms with Crippen molar-refractivity contribution in [2.24, 2.45) is 11.8 Å². The van der Waals surface area contributed by atoms with E-state index in [9.17, 15) is 9.59 Å². The second-order valence-electron chi connectivity index (χ2n) is 15.0. The van der Waals surface area contributed by atoms with Crippen LogP contribution in [0.1, 0.15) is 85.5 Å². The van der Waals surface area contributed by atoms with Gasteiger partial charge in [0.15, 0.2) is 0 Å². The van der Waals surface area contributed by atoms with Crippen LogP contribution in [-0.4, -0.2) is 11.9 Å². The van der Waals surface area contributed by atoms with Crippen molar-refractivity contribution in [2.45, 2.75) is 70.1 Å². The van der Waals surface area contributed by atoms with Gasteiger partial charge in [0.1, 0.15) is 11.5 Å². The van der Waals surface area contributed by atoms with Crippen molar-refractivity contribution in [1.82, 2.24) is 0 Å². The van der Waals surface area contributed by atoms with Gasteiger partial charge < -0.3 is 9.47 Å². The summed E-state index contributed by atoms with van der Waals surface area (Å²) in [5, 5.41) is 0. The van der Waals surface area contributed by atoms with E-state index in [2.05, 4.69) is 103 Å². The van der Waals surface area contributed by atoms with Gasteiger partial charge in [-0.2, -0.15) is 0 Å². The molecular formula is C53H44O4. The fraction of sp³-hybridized carbons (Fsp3) is 0.245. The third kappa shape index (κ3) is 10.3. The topological polar surface area (TPSA) is 52.6 Å². The maximum atomic E-state index is 13.1. The molecule has 0 unspecified atom stereocenters. The largest absolute Gasteiger partial charge is 0.426 e. The van der Waals surface area contributed by atoms with Gasteiger partial charge in [0.25, 0.3) is 0 Å². The molecule has 0 saturated heterocycles. The number of hydrogen-bond donors (Lipinski definition) is 0. The summed E-state index contributed by atoms with van der Waals surface area (Å²) in [6.07, 6.45) is 12.3. The number of ether oxygens (including phenoxy) is 2. The summed E-state index contributed by atoms with van der Waals surface area (Å²) in [4.78, 5) is 26.2. The van der Waals surface area contributed by atoms with E-state index < -0.39 is 0 Å². The average molecular weight is 745 g/mol. The highest BCUT2D eigenvalue weighted by molar-refractivity contribution is 5.78. The Balaban J connectivity index is 0.875. The highest BCUT2D eigenvalue weighted by Gasteiger charge is 2.30. The van der Waals surface area contributed by atoms with Gasteiger partial charge in [-0.3, -0.25) is 9.59 Å². The Morgan fingerprint density at radius 2 is 0.947 bits per heavy atom. The highest BCUT2D eigenvalue weighted by Crippen LogP contribution is 2.38. The zero-order chi connectivity index (χ0) is 39.4. The van der Waals surface area contributed by atoms with E-state index >= 15 is 0 Å². The molecule has 2 aliphatic rings. The van der Waals surface area contributed by atoms with Crippen molar-refractivity contribution in [3.63, 3.8) is 0 Å². The van der Waals surface area contributed by atoms with Gasteiger partial charge in [0, 0.05) is 5.56 Å². The van der Waals surface area contributed by atoms with Crippen LogP contribution in [-0.2, 0) is 9.59 Å². The highest BCUT2D eigenvalue weighted by atomic mass is 16.5. The van der Waals surface area contributed by atoms with Crippen LogP contribution in [0.5, 0.6) is 11.5 Å². The summed E-state index contributed by atoms with van der Waals surface area (Å²) in [5.74, 6) is 19.9. The molecule has 57 heavy (non-hydrogen) atoms. The van der Waals surface area contributed by atoms with Gasteiger partial charge in [-0.1, -0.05) is 90.3 Å². The number of carbonyl (C=O) groups is 2. The number of esters is 2. The summed E-state index contributed by atoms with van der Waals surface area (Å²) in [7, 11) is 0. The lowest BCUT2D eigenvalue weighted by Crippen LogP contribution is -2.25. The molecule has 0 aromatic heterocycles. The molecular weight excluding hydrogens is 701 g/mol. The van der Waals surface area contributed by atoms with Crippen molar-refractivity contribution in [2.75, 3.05) is 0 Å². The molecule has 0 amide bonds. The first kappa shape index (κ1) is 38.6.